The van der Waals surface area contributed by atoms with Crippen molar-refractivity contribution >= 4 is 33.9 Å². The maximum absolute atomic E-state index is 12.5. The molecule has 7 heteroatoms. The van der Waals surface area contributed by atoms with Crippen molar-refractivity contribution in [1.29, 1.82) is 0 Å². The van der Waals surface area contributed by atoms with Crippen LogP contribution in [-0.4, -0.2) is 31.6 Å². The molecule has 1 atom stereocenters. The summed E-state index contributed by atoms with van der Waals surface area (Å²) in [6.07, 6.45) is 2.83. The predicted octanol–water partition coefficient (Wildman–Crippen LogP) is 4.50. The van der Waals surface area contributed by atoms with E-state index in [1.807, 2.05) is 31.2 Å². The quantitative estimate of drug-likeness (QED) is 0.620. The van der Waals surface area contributed by atoms with Crippen LogP contribution in [-0.2, 0) is 22.4 Å². The summed E-state index contributed by atoms with van der Waals surface area (Å²) in [6.45, 7) is 6.97. The fraction of sp³-hybridized carbons (Fsp3) is 0.455. The van der Waals surface area contributed by atoms with Crippen LogP contribution in [0.5, 0.6) is 5.75 Å². The van der Waals surface area contributed by atoms with Crippen molar-refractivity contribution in [2.75, 3.05) is 30.4 Å². The number of nitrogens with one attached hydrogen (secondary N) is 2. The number of benzene rings is 1. The second kappa shape index (κ2) is 9.78. The Balaban J connectivity index is 1.68. The van der Waals surface area contributed by atoms with Gasteiger partial charge < -0.3 is 20.1 Å². The maximum Gasteiger partial charge on any atom is 0.341 e. The summed E-state index contributed by atoms with van der Waals surface area (Å²) >= 11 is 1.50. The predicted molar refractivity (Wildman–Crippen MR) is 116 cm³/mol. The van der Waals surface area contributed by atoms with Gasteiger partial charge in [0.1, 0.15) is 10.8 Å². The van der Waals surface area contributed by atoms with E-state index in [0.29, 0.717) is 29.7 Å². The van der Waals surface area contributed by atoms with Crippen LogP contribution in [0.4, 0.5) is 10.7 Å². The largest absolute Gasteiger partial charge is 0.494 e. The number of rotatable bonds is 8. The van der Waals surface area contributed by atoms with Crippen molar-refractivity contribution in [1.82, 2.24) is 0 Å². The average molecular weight is 417 g/mol. The fourth-order valence-corrected chi connectivity index (χ4v) is 4.86. The third kappa shape index (κ3) is 5.29. The number of hydrogen-bond donors (Lipinski definition) is 2. The lowest BCUT2D eigenvalue weighted by Gasteiger charge is -2.18. The molecule has 2 aromatic rings. The summed E-state index contributed by atoms with van der Waals surface area (Å²) in [5.41, 5.74) is 2.41. The molecule has 1 aromatic heterocycles. The Kier molecular flexibility index (Phi) is 7.14. The normalized spacial score (nSPS) is 15.3. The third-order valence-corrected chi connectivity index (χ3v) is 6.03. The molecule has 0 aliphatic heterocycles. The molecule has 0 saturated carbocycles. The molecule has 0 saturated heterocycles. The summed E-state index contributed by atoms with van der Waals surface area (Å²) in [6, 6.07) is 7.45. The van der Waals surface area contributed by atoms with Gasteiger partial charge in [0.15, 0.2) is 0 Å². The van der Waals surface area contributed by atoms with Crippen molar-refractivity contribution < 1.29 is 19.1 Å². The molecule has 0 fully saturated rings. The van der Waals surface area contributed by atoms with Crippen molar-refractivity contribution in [2.45, 2.75) is 40.0 Å². The summed E-state index contributed by atoms with van der Waals surface area (Å²) in [5, 5.41) is 6.61. The molecule has 1 aromatic carbocycles. The van der Waals surface area contributed by atoms with E-state index in [-0.39, 0.29) is 18.4 Å². The van der Waals surface area contributed by atoms with Crippen molar-refractivity contribution in [2.24, 2.45) is 5.92 Å². The van der Waals surface area contributed by atoms with Gasteiger partial charge in [-0.05, 0) is 68.9 Å². The van der Waals surface area contributed by atoms with E-state index in [1.165, 1.54) is 16.2 Å². The molecule has 0 bridgehead atoms. The number of anilines is 2. The highest BCUT2D eigenvalue weighted by Gasteiger charge is 2.29. The van der Waals surface area contributed by atoms with Gasteiger partial charge in [-0.2, -0.15) is 0 Å². The molecule has 1 aliphatic rings. The minimum Gasteiger partial charge on any atom is -0.494 e. The highest BCUT2D eigenvalue weighted by Crippen LogP contribution is 2.40. The Bertz CT molecular complexity index is 860. The maximum atomic E-state index is 12.5. The van der Waals surface area contributed by atoms with Crippen molar-refractivity contribution in [3.8, 4) is 5.75 Å². The molecule has 1 heterocycles. The number of ether oxygens (including phenoxy) is 2. The van der Waals surface area contributed by atoms with Gasteiger partial charge in [0.2, 0.25) is 5.91 Å². The molecule has 29 heavy (non-hydrogen) atoms. The van der Waals surface area contributed by atoms with Gasteiger partial charge in [0.05, 0.1) is 25.3 Å². The lowest BCUT2D eigenvalue weighted by molar-refractivity contribution is -0.114. The van der Waals surface area contributed by atoms with E-state index in [4.69, 9.17) is 9.47 Å². The first-order valence-electron chi connectivity index (χ1n) is 10.1. The lowest BCUT2D eigenvalue weighted by atomic mass is 9.88. The van der Waals surface area contributed by atoms with Gasteiger partial charge in [0.25, 0.3) is 0 Å². The first-order valence-corrected chi connectivity index (χ1v) is 10.9. The smallest absolute Gasteiger partial charge is 0.341 e. The number of carbonyl (C=O) groups is 2. The molecular weight excluding hydrogens is 388 g/mol. The Morgan fingerprint density at radius 1 is 1.17 bits per heavy atom. The van der Waals surface area contributed by atoms with E-state index >= 15 is 0 Å². The highest BCUT2D eigenvalue weighted by molar-refractivity contribution is 7.17. The number of thiophene rings is 1. The van der Waals surface area contributed by atoms with Gasteiger partial charge in [-0.1, -0.05) is 6.92 Å². The summed E-state index contributed by atoms with van der Waals surface area (Å²) in [5.74, 6) is 0.825. The van der Waals surface area contributed by atoms with Crippen LogP contribution >= 0.6 is 11.3 Å². The average Bonchev–Trinajstić information content (AvgIpc) is 3.04. The number of fused-ring (bicyclic) bond motifs is 1. The zero-order valence-corrected chi connectivity index (χ0v) is 18.0. The highest BCUT2D eigenvalue weighted by atomic mass is 32.1. The van der Waals surface area contributed by atoms with Crippen LogP contribution in [0.15, 0.2) is 24.3 Å². The van der Waals surface area contributed by atoms with Crippen molar-refractivity contribution in [3.05, 3.63) is 40.3 Å². The topological polar surface area (TPSA) is 76.7 Å². The van der Waals surface area contributed by atoms with Crippen LogP contribution in [0, 0.1) is 5.92 Å². The summed E-state index contributed by atoms with van der Waals surface area (Å²) in [7, 11) is 0. The van der Waals surface area contributed by atoms with Crippen LogP contribution in [0.2, 0.25) is 0 Å². The van der Waals surface area contributed by atoms with E-state index < -0.39 is 0 Å². The second-order valence-electron chi connectivity index (χ2n) is 7.14. The molecule has 2 N–H and O–H groups in total. The third-order valence-electron chi connectivity index (χ3n) is 4.86. The number of esters is 1. The molecule has 0 radical (unpaired) electrons. The molecule has 0 unspecified atom stereocenters. The monoisotopic (exact) mass is 416 g/mol. The standard InChI is InChI=1S/C22H28N2O4S/c1-4-27-16-9-7-15(8-10-16)23-13-19(25)24-21-20(22(26)28-5-2)17-11-6-14(3)12-18(17)29-21/h7-10,14,23H,4-6,11-13H2,1-3H3,(H,24,25)/t14-/m0/s1. The first-order chi connectivity index (χ1) is 14.0. The minimum absolute atomic E-state index is 0.106. The van der Waals surface area contributed by atoms with Gasteiger partial charge in [-0.25, -0.2) is 4.79 Å². The van der Waals surface area contributed by atoms with Crippen LogP contribution in [0.1, 0.15) is 48.0 Å². The van der Waals surface area contributed by atoms with E-state index in [0.717, 1.165) is 36.3 Å². The van der Waals surface area contributed by atoms with E-state index in [9.17, 15) is 9.59 Å². The molecule has 6 nitrogen and oxygen atoms in total. The Hall–Kier alpha value is -2.54. The van der Waals surface area contributed by atoms with Gasteiger partial charge in [-0.15, -0.1) is 11.3 Å². The number of carbonyl (C=O) groups excluding carboxylic acids is 2. The zero-order chi connectivity index (χ0) is 20.8. The van der Waals surface area contributed by atoms with Crippen molar-refractivity contribution in [3.63, 3.8) is 0 Å². The van der Waals surface area contributed by atoms with E-state index in [2.05, 4.69) is 17.6 Å². The fourth-order valence-electron chi connectivity index (χ4n) is 3.45. The number of amides is 1. The molecule has 0 spiro atoms. The Morgan fingerprint density at radius 2 is 1.93 bits per heavy atom. The lowest BCUT2D eigenvalue weighted by Crippen LogP contribution is -2.22. The second-order valence-corrected chi connectivity index (χ2v) is 8.24. The Labute approximate surface area is 175 Å². The first kappa shape index (κ1) is 21.2. The van der Waals surface area contributed by atoms with Gasteiger partial charge in [-0.3, -0.25) is 4.79 Å². The SMILES string of the molecule is CCOC(=O)c1c(NC(=O)CNc2ccc(OCC)cc2)sc2c1CC[C@H](C)C2. The van der Waals surface area contributed by atoms with Crippen LogP contribution in [0.25, 0.3) is 0 Å². The molecule has 3 rings (SSSR count). The molecule has 1 aliphatic carbocycles. The molecule has 1 amide bonds. The number of hydrogen-bond acceptors (Lipinski definition) is 6. The summed E-state index contributed by atoms with van der Waals surface area (Å²) < 4.78 is 10.7. The van der Waals surface area contributed by atoms with Gasteiger partial charge in [0, 0.05) is 10.6 Å². The minimum atomic E-state index is -0.352. The van der Waals surface area contributed by atoms with Gasteiger partial charge >= 0.3 is 5.97 Å². The van der Waals surface area contributed by atoms with Crippen LogP contribution < -0.4 is 15.4 Å². The van der Waals surface area contributed by atoms with E-state index in [1.54, 1.807) is 6.92 Å². The molecule has 156 valence electrons. The zero-order valence-electron chi connectivity index (χ0n) is 17.2. The Morgan fingerprint density at radius 3 is 2.62 bits per heavy atom. The molecular formula is C22H28N2O4S. The van der Waals surface area contributed by atoms with Crippen LogP contribution in [0.3, 0.4) is 0 Å². The summed E-state index contributed by atoms with van der Waals surface area (Å²) in [4.78, 5) is 26.2.